The van der Waals surface area contributed by atoms with E-state index in [0.717, 1.165) is 25.8 Å². The molecule has 0 aliphatic rings. The van der Waals surface area contributed by atoms with Gasteiger partial charge in [0, 0.05) is 6.04 Å². The van der Waals surface area contributed by atoms with E-state index in [0.29, 0.717) is 0 Å². The van der Waals surface area contributed by atoms with Gasteiger partial charge in [0.2, 0.25) is 0 Å². The van der Waals surface area contributed by atoms with Gasteiger partial charge >= 0.3 is 5.97 Å². The Bertz CT molecular complexity index is 351. The van der Waals surface area contributed by atoms with Gasteiger partial charge in [0.25, 0.3) is 0 Å². The van der Waals surface area contributed by atoms with Crippen LogP contribution in [0.3, 0.4) is 0 Å². The average molecular weight is 249 g/mol. The Hall–Kier alpha value is -1.35. The quantitative estimate of drug-likeness (QED) is 0.718. The van der Waals surface area contributed by atoms with Gasteiger partial charge in [0.1, 0.15) is 0 Å². The third-order valence-electron chi connectivity index (χ3n) is 3.22. The molecule has 100 valence electrons. The molecule has 0 bridgehead atoms. The number of carboxylic acid groups (broad SMARTS) is 1. The molecule has 3 heteroatoms. The normalized spacial score (nSPS) is 12.6. The van der Waals surface area contributed by atoms with E-state index in [9.17, 15) is 4.79 Å². The predicted octanol–water partition coefficient (Wildman–Crippen LogP) is 3.32. The Morgan fingerprint density at radius 3 is 2.50 bits per heavy atom. The first kappa shape index (κ1) is 14.7. The molecule has 0 aromatic heterocycles. The molecule has 0 spiro atoms. The molecule has 1 aromatic carbocycles. The average Bonchev–Trinajstić information content (AvgIpc) is 2.37. The number of hydrogen-bond acceptors (Lipinski definition) is 2. The number of carboxylic acids is 1. The summed E-state index contributed by atoms with van der Waals surface area (Å²) in [4.78, 5) is 13.0. The first-order chi connectivity index (χ1) is 8.65. The summed E-state index contributed by atoms with van der Waals surface area (Å²) in [5.74, 6) is -0.755. The van der Waals surface area contributed by atoms with Crippen LogP contribution >= 0.6 is 0 Å². The van der Waals surface area contributed by atoms with E-state index < -0.39 is 5.97 Å². The molecular weight excluding hydrogens is 226 g/mol. The van der Waals surface area contributed by atoms with E-state index in [2.05, 4.69) is 26.0 Å². The van der Waals surface area contributed by atoms with Gasteiger partial charge in [0.15, 0.2) is 0 Å². The SMILES string of the molecule is CCCCCN(CC(=O)O)C(C)c1ccccc1. The lowest BCUT2D eigenvalue weighted by molar-refractivity contribution is -0.138. The third-order valence-corrected chi connectivity index (χ3v) is 3.22. The van der Waals surface area contributed by atoms with Crippen molar-refractivity contribution in [2.24, 2.45) is 0 Å². The summed E-state index contributed by atoms with van der Waals surface area (Å²) in [6, 6.07) is 10.2. The van der Waals surface area contributed by atoms with Gasteiger partial charge in [-0.2, -0.15) is 0 Å². The number of benzene rings is 1. The van der Waals surface area contributed by atoms with Crippen LogP contribution in [0.15, 0.2) is 30.3 Å². The van der Waals surface area contributed by atoms with Crippen LogP contribution in [-0.4, -0.2) is 29.1 Å². The molecule has 0 saturated carbocycles. The highest BCUT2D eigenvalue weighted by Gasteiger charge is 2.17. The molecule has 0 fully saturated rings. The van der Waals surface area contributed by atoms with Crippen LogP contribution in [0.1, 0.15) is 44.7 Å². The number of nitrogens with zero attached hydrogens (tertiary/aromatic N) is 1. The fraction of sp³-hybridized carbons (Fsp3) is 0.533. The Morgan fingerprint density at radius 2 is 1.94 bits per heavy atom. The van der Waals surface area contributed by atoms with Crippen LogP contribution in [0.2, 0.25) is 0 Å². The van der Waals surface area contributed by atoms with Crippen LogP contribution in [0, 0.1) is 0 Å². The first-order valence-electron chi connectivity index (χ1n) is 6.66. The third kappa shape index (κ3) is 4.88. The van der Waals surface area contributed by atoms with Crippen LogP contribution in [-0.2, 0) is 4.79 Å². The van der Waals surface area contributed by atoms with Crippen molar-refractivity contribution in [3.8, 4) is 0 Å². The molecule has 0 amide bonds. The molecule has 1 atom stereocenters. The molecule has 0 saturated heterocycles. The molecule has 0 aliphatic heterocycles. The van der Waals surface area contributed by atoms with Crippen molar-refractivity contribution in [3.05, 3.63) is 35.9 Å². The van der Waals surface area contributed by atoms with Gasteiger partial charge in [-0.3, -0.25) is 9.69 Å². The van der Waals surface area contributed by atoms with Gasteiger partial charge in [-0.1, -0.05) is 50.1 Å². The zero-order chi connectivity index (χ0) is 13.4. The largest absolute Gasteiger partial charge is 0.480 e. The standard InChI is InChI=1S/C15H23NO2/c1-3-4-8-11-16(12-15(17)18)13(2)14-9-6-5-7-10-14/h5-7,9-10,13H,3-4,8,11-12H2,1-2H3,(H,17,18). The summed E-state index contributed by atoms with van der Waals surface area (Å²) in [7, 11) is 0. The smallest absolute Gasteiger partial charge is 0.317 e. The zero-order valence-corrected chi connectivity index (χ0v) is 11.3. The van der Waals surface area contributed by atoms with Gasteiger partial charge in [-0.05, 0) is 25.5 Å². The van der Waals surface area contributed by atoms with Crippen molar-refractivity contribution in [2.75, 3.05) is 13.1 Å². The van der Waals surface area contributed by atoms with Gasteiger partial charge in [0.05, 0.1) is 6.54 Å². The molecule has 1 aromatic rings. The minimum atomic E-state index is -0.755. The predicted molar refractivity (Wildman–Crippen MR) is 73.6 cm³/mol. The van der Waals surface area contributed by atoms with Crippen molar-refractivity contribution in [2.45, 2.75) is 39.2 Å². The number of hydrogen-bond donors (Lipinski definition) is 1. The van der Waals surface area contributed by atoms with Crippen LogP contribution in [0.25, 0.3) is 0 Å². The maximum absolute atomic E-state index is 10.9. The molecule has 1 rings (SSSR count). The van der Waals surface area contributed by atoms with Crippen LogP contribution in [0.5, 0.6) is 0 Å². The summed E-state index contributed by atoms with van der Waals surface area (Å²) in [6.45, 7) is 5.18. The minimum Gasteiger partial charge on any atom is -0.480 e. The highest BCUT2D eigenvalue weighted by Crippen LogP contribution is 2.20. The molecule has 1 N–H and O–H groups in total. The zero-order valence-electron chi connectivity index (χ0n) is 11.3. The summed E-state index contributed by atoms with van der Waals surface area (Å²) in [5.41, 5.74) is 1.18. The Kier molecular flexibility index (Phi) is 6.44. The highest BCUT2D eigenvalue weighted by molar-refractivity contribution is 5.69. The number of aliphatic carboxylic acids is 1. The van der Waals surface area contributed by atoms with Crippen LogP contribution in [0.4, 0.5) is 0 Å². The fourth-order valence-electron chi connectivity index (χ4n) is 2.09. The summed E-state index contributed by atoms with van der Waals surface area (Å²) < 4.78 is 0. The van der Waals surface area contributed by atoms with Gasteiger partial charge in [-0.15, -0.1) is 0 Å². The molecule has 0 radical (unpaired) electrons. The lowest BCUT2D eigenvalue weighted by Crippen LogP contribution is -2.33. The van der Waals surface area contributed by atoms with Crippen molar-refractivity contribution in [1.29, 1.82) is 0 Å². The highest BCUT2D eigenvalue weighted by atomic mass is 16.4. The number of unbranched alkanes of at least 4 members (excludes halogenated alkanes) is 2. The summed E-state index contributed by atoms with van der Waals surface area (Å²) in [5, 5.41) is 8.99. The molecule has 3 nitrogen and oxygen atoms in total. The second kappa shape index (κ2) is 7.88. The minimum absolute atomic E-state index is 0.111. The van der Waals surface area contributed by atoms with Crippen molar-refractivity contribution in [3.63, 3.8) is 0 Å². The molecule has 0 aliphatic carbocycles. The van der Waals surface area contributed by atoms with E-state index in [1.165, 1.54) is 5.56 Å². The number of carbonyl (C=O) groups is 1. The Morgan fingerprint density at radius 1 is 1.28 bits per heavy atom. The molecule has 18 heavy (non-hydrogen) atoms. The van der Waals surface area contributed by atoms with E-state index >= 15 is 0 Å². The summed E-state index contributed by atoms with van der Waals surface area (Å²) in [6.07, 6.45) is 3.36. The number of rotatable bonds is 8. The van der Waals surface area contributed by atoms with Crippen molar-refractivity contribution < 1.29 is 9.90 Å². The monoisotopic (exact) mass is 249 g/mol. The maximum atomic E-state index is 10.9. The van der Waals surface area contributed by atoms with Gasteiger partial charge < -0.3 is 5.11 Å². The first-order valence-corrected chi connectivity index (χ1v) is 6.66. The fourth-order valence-corrected chi connectivity index (χ4v) is 2.09. The molecular formula is C15H23NO2. The molecule has 1 unspecified atom stereocenters. The molecule has 0 heterocycles. The van der Waals surface area contributed by atoms with Crippen molar-refractivity contribution >= 4 is 5.97 Å². The van der Waals surface area contributed by atoms with E-state index in [4.69, 9.17) is 5.11 Å². The topological polar surface area (TPSA) is 40.5 Å². The Balaban J connectivity index is 2.66. The van der Waals surface area contributed by atoms with Gasteiger partial charge in [-0.25, -0.2) is 0 Å². The summed E-state index contributed by atoms with van der Waals surface area (Å²) >= 11 is 0. The van der Waals surface area contributed by atoms with Crippen LogP contribution < -0.4 is 0 Å². The van der Waals surface area contributed by atoms with Crippen molar-refractivity contribution in [1.82, 2.24) is 4.90 Å². The van der Waals surface area contributed by atoms with E-state index in [1.54, 1.807) is 0 Å². The van der Waals surface area contributed by atoms with E-state index in [-0.39, 0.29) is 12.6 Å². The second-order valence-corrected chi connectivity index (χ2v) is 4.66. The van der Waals surface area contributed by atoms with E-state index in [1.807, 2.05) is 23.1 Å². The second-order valence-electron chi connectivity index (χ2n) is 4.66. The Labute approximate surface area is 109 Å². The maximum Gasteiger partial charge on any atom is 0.317 e. The lowest BCUT2D eigenvalue weighted by atomic mass is 10.1. The lowest BCUT2D eigenvalue weighted by Gasteiger charge is -2.27.